The van der Waals surface area contributed by atoms with E-state index in [1.54, 1.807) is 7.11 Å². The van der Waals surface area contributed by atoms with E-state index in [0.29, 0.717) is 5.56 Å². The molecule has 1 unspecified atom stereocenters. The minimum Gasteiger partial charge on any atom is -0.366 e. The molecule has 3 aromatic carbocycles. The number of ketones is 1. The number of aryl methyl sites for hydroxylation is 2. The van der Waals surface area contributed by atoms with Crippen LogP contribution in [0.2, 0.25) is 0 Å². The number of Topliss-reactive ketones (excluding diaryl/α,β-unsaturated/α-hetero) is 1. The van der Waals surface area contributed by atoms with Crippen molar-refractivity contribution in [3.8, 4) is 11.1 Å². The first-order valence-corrected chi connectivity index (χ1v) is 8.78. The Hall–Kier alpha value is -2.71. The molecule has 3 rings (SSSR count). The van der Waals surface area contributed by atoms with Gasteiger partial charge < -0.3 is 4.74 Å². The van der Waals surface area contributed by atoms with E-state index in [-0.39, 0.29) is 5.78 Å². The second-order valence-electron chi connectivity index (χ2n) is 6.88. The summed E-state index contributed by atoms with van der Waals surface area (Å²) in [6.45, 7) is 5.93. The van der Waals surface area contributed by atoms with Crippen molar-refractivity contribution in [2.45, 2.75) is 26.4 Å². The number of carbonyl (C=O) groups excluding carboxylic acids is 1. The second kappa shape index (κ2) is 7.27. The van der Waals surface area contributed by atoms with Crippen LogP contribution in [0.1, 0.15) is 34.0 Å². The number of hydrogen-bond donors (Lipinski definition) is 0. The number of carbonyl (C=O) groups is 1. The lowest BCUT2D eigenvalue weighted by atomic mass is 9.86. The SMILES string of the molecule is COC(C)(C(=O)c1ccc(-c2ccc(C)cc2)cc1)c1ccc(C)cc1. The predicted octanol–water partition coefficient (Wildman–Crippen LogP) is 5.71. The van der Waals surface area contributed by atoms with Crippen molar-refractivity contribution in [1.29, 1.82) is 0 Å². The van der Waals surface area contributed by atoms with Gasteiger partial charge in [0.15, 0.2) is 11.4 Å². The van der Waals surface area contributed by atoms with Crippen molar-refractivity contribution in [2.75, 3.05) is 7.11 Å². The van der Waals surface area contributed by atoms with E-state index in [1.807, 2.05) is 62.4 Å². The maximum atomic E-state index is 13.2. The molecule has 0 amide bonds. The van der Waals surface area contributed by atoms with Gasteiger partial charge in [-0.05, 0) is 37.5 Å². The summed E-state index contributed by atoms with van der Waals surface area (Å²) in [5.41, 5.74) is 5.12. The number of methoxy groups -OCH3 is 1. The summed E-state index contributed by atoms with van der Waals surface area (Å²) in [4.78, 5) is 13.2. The minimum absolute atomic E-state index is 0.0423. The summed E-state index contributed by atoms with van der Waals surface area (Å²) < 4.78 is 5.66. The minimum atomic E-state index is -1.00. The normalized spacial score (nSPS) is 13.2. The molecule has 0 radical (unpaired) electrons. The van der Waals surface area contributed by atoms with Crippen LogP contribution in [0.3, 0.4) is 0 Å². The van der Waals surface area contributed by atoms with Crippen LogP contribution in [0.25, 0.3) is 11.1 Å². The summed E-state index contributed by atoms with van der Waals surface area (Å²) in [6, 6.07) is 24.0. The first-order valence-electron chi connectivity index (χ1n) is 8.78. The van der Waals surface area contributed by atoms with Gasteiger partial charge in [0.1, 0.15) is 0 Å². The lowest BCUT2D eigenvalue weighted by Crippen LogP contribution is -2.34. The highest BCUT2D eigenvalue weighted by atomic mass is 16.5. The Morgan fingerprint density at radius 2 is 1.15 bits per heavy atom. The van der Waals surface area contributed by atoms with Crippen molar-refractivity contribution in [3.05, 3.63) is 95.1 Å². The van der Waals surface area contributed by atoms with E-state index in [4.69, 9.17) is 4.74 Å². The summed E-state index contributed by atoms with van der Waals surface area (Å²) in [5.74, 6) is -0.0423. The van der Waals surface area contributed by atoms with Gasteiger partial charge in [0.2, 0.25) is 0 Å². The van der Waals surface area contributed by atoms with Crippen LogP contribution in [-0.2, 0) is 10.3 Å². The third-order valence-electron chi connectivity index (χ3n) is 4.98. The Kier molecular flexibility index (Phi) is 5.06. The van der Waals surface area contributed by atoms with Crippen LogP contribution in [0, 0.1) is 13.8 Å². The van der Waals surface area contributed by atoms with E-state index in [1.165, 1.54) is 5.56 Å². The molecule has 0 saturated carbocycles. The second-order valence-corrected chi connectivity index (χ2v) is 6.88. The van der Waals surface area contributed by atoms with Gasteiger partial charge in [-0.15, -0.1) is 0 Å². The summed E-state index contributed by atoms with van der Waals surface area (Å²) >= 11 is 0. The number of hydrogen-bond acceptors (Lipinski definition) is 2. The van der Waals surface area contributed by atoms with Crippen molar-refractivity contribution in [2.24, 2.45) is 0 Å². The number of rotatable bonds is 5. The van der Waals surface area contributed by atoms with Crippen LogP contribution in [0.4, 0.5) is 0 Å². The Balaban J connectivity index is 1.90. The molecule has 0 heterocycles. The fourth-order valence-corrected chi connectivity index (χ4v) is 3.05. The summed E-state index contributed by atoms with van der Waals surface area (Å²) in [5, 5.41) is 0. The number of ether oxygens (including phenoxy) is 1. The molecule has 0 N–H and O–H groups in total. The zero-order valence-corrected chi connectivity index (χ0v) is 15.7. The smallest absolute Gasteiger partial charge is 0.198 e. The van der Waals surface area contributed by atoms with Gasteiger partial charge in [-0.3, -0.25) is 4.79 Å². The molecule has 3 aromatic rings. The Morgan fingerprint density at radius 1 is 0.731 bits per heavy atom. The van der Waals surface area contributed by atoms with Gasteiger partial charge in [-0.2, -0.15) is 0 Å². The summed E-state index contributed by atoms with van der Waals surface area (Å²) in [7, 11) is 1.58. The highest BCUT2D eigenvalue weighted by Crippen LogP contribution is 2.30. The molecular formula is C24H24O2. The van der Waals surface area contributed by atoms with Crippen molar-refractivity contribution in [1.82, 2.24) is 0 Å². The van der Waals surface area contributed by atoms with Crippen molar-refractivity contribution < 1.29 is 9.53 Å². The van der Waals surface area contributed by atoms with E-state index in [2.05, 4.69) is 31.2 Å². The molecule has 0 saturated heterocycles. The van der Waals surface area contributed by atoms with Crippen molar-refractivity contribution in [3.63, 3.8) is 0 Å². The van der Waals surface area contributed by atoms with Gasteiger partial charge >= 0.3 is 0 Å². The fourth-order valence-electron chi connectivity index (χ4n) is 3.05. The molecule has 132 valence electrons. The Labute approximate surface area is 155 Å². The zero-order valence-electron chi connectivity index (χ0n) is 15.7. The molecule has 2 nitrogen and oxygen atoms in total. The average Bonchev–Trinajstić information content (AvgIpc) is 2.68. The van der Waals surface area contributed by atoms with Gasteiger partial charge in [0, 0.05) is 12.7 Å². The van der Waals surface area contributed by atoms with Gasteiger partial charge in [-0.1, -0.05) is 83.9 Å². The third-order valence-corrected chi connectivity index (χ3v) is 4.98. The van der Waals surface area contributed by atoms with Crippen LogP contribution in [0.15, 0.2) is 72.8 Å². The Bertz CT molecular complexity index is 890. The lowest BCUT2D eigenvalue weighted by Gasteiger charge is -2.27. The van der Waals surface area contributed by atoms with Gasteiger partial charge in [0.25, 0.3) is 0 Å². The molecule has 1 atom stereocenters. The molecular weight excluding hydrogens is 320 g/mol. The first-order chi connectivity index (χ1) is 12.4. The molecule has 0 bridgehead atoms. The maximum Gasteiger partial charge on any atom is 0.198 e. The fraction of sp³-hybridized carbons (Fsp3) is 0.208. The molecule has 26 heavy (non-hydrogen) atoms. The molecule has 0 aliphatic heterocycles. The van der Waals surface area contributed by atoms with E-state index < -0.39 is 5.60 Å². The highest BCUT2D eigenvalue weighted by Gasteiger charge is 2.35. The lowest BCUT2D eigenvalue weighted by molar-refractivity contribution is 0.0101. The van der Waals surface area contributed by atoms with Gasteiger partial charge in [-0.25, -0.2) is 0 Å². The first kappa shape index (κ1) is 18.1. The topological polar surface area (TPSA) is 26.3 Å². The molecule has 0 aliphatic carbocycles. The monoisotopic (exact) mass is 344 g/mol. The van der Waals surface area contributed by atoms with Crippen LogP contribution >= 0.6 is 0 Å². The number of benzene rings is 3. The average molecular weight is 344 g/mol. The van der Waals surface area contributed by atoms with E-state index >= 15 is 0 Å². The maximum absolute atomic E-state index is 13.2. The van der Waals surface area contributed by atoms with Crippen LogP contribution in [-0.4, -0.2) is 12.9 Å². The zero-order chi connectivity index (χ0) is 18.7. The molecule has 0 spiro atoms. The molecule has 0 aromatic heterocycles. The van der Waals surface area contributed by atoms with Gasteiger partial charge in [0.05, 0.1) is 0 Å². The van der Waals surface area contributed by atoms with E-state index in [0.717, 1.165) is 22.3 Å². The molecule has 0 fully saturated rings. The van der Waals surface area contributed by atoms with E-state index in [9.17, 15) is 4.79 Å². The predicted molar refractivity (Wildman–Crippen MR) is 106 cm³/mol. The van der Waals surface area contributed by atoms with Crippen LogP contribution < -0.4 is 0 Å². The summed E-state index contributed by atoms with van der Waals surface area (Å²) in [6.07, 6.45) is 0. The molecule has 0 aliphatic rings. The standard InChI is InChI=1S/C24H24O2/c1-17-5-9-19(10-6-17)20-11-13-21(14-12-20)23(25)24(3,26-4)22-15-7-18(2)8-16-22/h5-16H,1-4H3. The highest BCUT2D eigenvalue weighted by molar-refractivity contribution is 6.03. The van der Waals surface area contributed by atoms with Crippen LogP contribution in [0.5, 0.6) is 0 Å². The van der Waals surface area contributed by atoms with Crippen molar-refractivity contribution >= 4 is 5.78 Å². The largest absolute Gasteiger partial charge is 0.366 e. The third kappa shape index (κ3) is 3.47. The molecule has 2 heteroatoms. The quantitative estimate of drug-likeness (QED) is 0.554. The Morgan fingerprint density at radius 3 is 1.62 bits per heavy atom.